The summed E-state index contributed by atoms with van der Waals surface area (Å²) in [6.07, 6.45) is 4.15. The van der Waals surface area contributed by atoms with Gasteiger partial charge in [-0.25, -0.2) is 0 Å². The maximum atomic E-state index is 4.23. The normalized spacial score (nSPS) is 17.4. The van der Waals surface area contributed by atoms with Crippen LogP contribution < -0.4 is 5.32 Å². The van der Waals surface area contributed by atoms with Crippen LogP contribution in [0.25, 0.3) is 0 Å². The van der Waals surface area contributed by atoms with Crippen molar-refractivity contribution in [3.63, 3.8) is 0 Å². The third-order valence-corrected chi connectivity index (χ3v) is 4.10. The van der Waals surface area contributed by atoms with E-state index in [1.54, 1.807) is 0 Å². The minimum Gasteiger partial charge on any atom is -0.315 e. The molecule has 0 bridgehead atoms. The Hall–Kier alpha value is -1.61. The van der Waals surface area contributed by atoms with Gasteiger partial charge in [-0.15, -0.1) is 0 Å². The molecule has 3 heteroatoms. The predicted octanol–water partition coefficient (Wildman–Crippen LogP) is 1.89. The summed E-state index contributed by atoms with van der Waals surface area (Å²) in [7, 11) is 2.02. The molecule has 0 spiro atoms. The van der Waals surface area contributed by atoms with Crippen LogP contribution in [0.5, 0.6) is 0 Å². The van der Waals surface area contributed by atoms with Gasteiger partial charge < -0.3 is 5.32 Å². The number of rotatable bonds is 4. The van der Waals surface area contributed by atoms with E-state index in [2.05, 4.69) is 46.8 Å². The first-order valence-corrected chi connectivity index (χ1v) is 6.53. The van der Waals surface area contributed by atoms with Crippen LogP contribution in [0.2, 0.25) is 0 Å². The van der Waals surface area contributed by atoms with Gasteiger partial charge in [0.1, 0.15) is 0 Å². The van der Waals surface area contributed by atoms with E-state index in [1.165, 1.54) is 17.7 Å². The summed E-state index contributed by atoms with van der Waals surface area (Å²) < 4.78 is 1.98. The van der Waals surface area contributed by atoms with Crippen LogP contribution in [-0.4, -0.2) is 22.9 Å². The molecule has 1 saturated heterocycles. The van der Waals surface area contributed by atoms with Crippen molar-refractivity contribution in [3.8, 4) is 0 Å². The van der Waals surface area contributed by atoms with Gasteiger partial charge in [-0.2, -0.15) is 5.10 Å². The highest BCUT2D eigenvalue weighted by molar-refractivity contribution is 5.30. The SMILES string of the molecule is Cn1nccc1CCC1(c2ccccc2)CNC1. The zero-order chi connectivity index (χ0) is 12.4. The summed E-state index contributed by atoms with van der Waals surface area (Å²) in [5.41, 5.74) is 3.11. The first-order valence-electron chi connectivity index (χ1n) is 6.53. The zero-order valence-electron chi connectivity index (χ0n) is 10.8. The Kier molecular flexibility index (Phi) is 2.92. The highest BCUT2D eigenvalue weighted by atomic mass is 15.2. The standard InChI is InChI=1S/C15H19N3/c1-18-14(8-10-17-18)7-9-15(11-16-12-15)13-5-3-2-4-6-13/h2-6,8,10,16H,7,9,11-12H2,1H3. The second kappa shape index (κ2) is 4.58. The van der Waals surface area contributed by atoms with Gasteiger partial charge in [0.05, 0.1) is 0 Å². The minimum absolute atomic E-state index is 0.325. The average Bonchev–Trinajstić information content (AvgIpc) is 2.75. The van der Waals surface area contributed by atoms with Crippen LogP contribution >= 0.6 is 0 Å². The molecule has 18 heavy (non-hydrogen) atoms. The number of hydrogen-bond donors (Lipinski definition) is 1. The third-order valence-electron chi connectivity index (χ3n) is 4.10. The van der Waals surface area contributed by atoms with E-state index >= 15 is 0 Å². The summed E-state index contributed by atoms with van der Waals surface area (Å²) in [4.78, 5) is 0. The lowest BCUT2D eigenvalue weighted by Gasteiger charge is -2.43. The second-order valence-corrected chi connectivity index (χ2v) is 5.20. The molecule has 3 nitrogen and oxygen atoms in total. The topological polar surface area (TPSA) is 29.9 Å². The molecule has 0 unspecified atom stereocenters. The molecular formula is C15H19N3. The van der Waals surface area contributed by atoms with Crippen molar-refractivity contribution < 1.29 is 0 Å². The Morgan fingerprint density at radius 1 is 1.22 bits per heavy atom. The predicted molar refractivity (Wildman–Crippen MR) is 72.5 cm³/mol. The van der Waals surface area contributed by atoms with Crippen molar-refractivity contribution in [1.82, 2.24) is 15.1 Å². The average molecular weight is 241 g/mol. The molecule has 2 heterocycles. The highest BCUT2D eigenvalue weighted by Crippen LogP contribution is 2.33. The van der Waals surface area contributed by atoms with Crippen LogP contribution in [0.15, 0.2) is 42.6 Å². The van der Waals surface area contributed by atoms with Gasteiger partial charge in [0.15, 0.2) is 0 Å². The monoisotopic (exact) mass is 241 g/mol. The molecule has 1 aromatic carbocycles. The summed E-state index contributed by atoms with van der Waals surface area (Å²) in [5, 5.41) is 7.66. The van der Waals surface area contributed by atoms with Crippen LogP contribution in [0.3, 0.4) is 0 Å². The molecular weight excluding hydrogens is 222 g/mol. The number of aromatic nitrogens is 2. The van der Waals surface area contributed by atoms with Gasteiger partial charge in [0, 0.05) is 37.4 Å². The lowest BCUT2D eigenvalue weighted by Crippen LogP contribution is -2.57. The molecule has 1 aliphatic rings. The Bertz CT molecular complexity index is 512. The van der Waals surface area contributed by atoms with Gasteiger partial charge in [-0.3, -0.25) is 4.68 Å². The molecule has 3 rings (SSSR count). The molecule has 1 aromatic heterocycles. The Morgan fingerprint density at radius 2 is 2.00 bits per heavy atom. The van der Waals surface area contributed by atoms with Crippen molar-refractivity contribution in [2.45, 2.75) is 18.3 Å². The summed E-state index contributed by atoms with van der Waals surface area (Å²) >= 11 is 0. The van der Waals surface area contributed by atoms with Gasteiger partial charge >= 0.3 is 0 Å². The van der Waals surface area contributed by atoms with Crippen LogP contribution in [0, 0.1) is 0 Å². The van der Waals surface area contributed by atoms with Gasteiger partial charge in [-0.05, 0) is 24.5 Å². The summed E-state index contributed by atoms with van der Waals surface area (Å²) in [6, 6.07) is 13.0. The van der Waals surface area contributed by atoms with E-state index in [0.717, 1.165) is 19.5 Å². The molecule has 0 amide bonds. The van der Waals surface area contributed by atoms with E-state index in [1.807, 2.05) is 17.9 Å². The van der Waals surface area contributed by atoms with Crippen molar-refractivity contribution in [1.29, 1.82) is 0 Å². The summed E-state index contributed by atoms with van der Waals surface area (Å²) in [5.74, 6) is 0. The quantitative estimate of drug-likeness (QED) is 0.886. The molecule has 0 radical (unpaired) electrons. The smallest absolute Gasteiger partial charge is 0.0492 e. The Morgan fingerprint density at radius 3 is 2.56 bits per heavy atom. The van der Waals surface area contributed by atoms with Crippen molar-refractivity contribution in [2.24, 2.45) is 7.05 Å². The molecule has 1 aliphatic heterocycles. The maximum Gasteiger partial charge on any atom is 0.0492 e. The molecule has 2 aromatic rings. The number of nitrogens with one attached hydrogen (secondary N) is 1. The van der Waals surface area contributed by atoms with E-state index in [9.17, 15) is 0 Å². The molecule has 1 N–H and O–H groups in total. The zero-order valence-corrected chi connectivity index (χ0v) is 10.8. The minimum atomic E-state index is 0.325. The van der Waals surface area contributed by atoms with E-state index < -0.39 is 0 Å². The fourth-order valence-electron chi connectivity index (χ4n) is 2.76. The second-order valence-electron chi connectivity index (χ2n) is 5.20. The summed E-state index contributed by atoms with van der Waals surface area (Å²) in [6.45, 7) is 2.18. The van der Waals surface area contributed by atoms with Crippen LogP contribution in [0.4, 0.5) is 0 Å². The number of hydrogen-bond acceptors (Lipinski definition) is 2. The Labute approximate surface area is 108 Å². The van der Waals surface area contributed by atoms with Crippen molar-refractivity contribution >= 4 is 0 Å². The van der Waals surface area contributed by atoms with Crippen LogP contribution in [0.1, 0.15) is 17.7 Å². The highest BCUT2D eigenvalue weighted by Gasteiger charge is 2.38. The first-order chi connectivity index (χ1) is 8.80. The molecule has 1 fully saturated rings. The lowest BCUT2D eigenvalue weighted by atomic mass is 9.71. The number of aryl methyl sites for hydroxylation is 2. The Balaban J connectivity index is 1.75. The van der Waals surface area contributed by atoms with Crippen molar-refractivity contribution in [2.75, 3.05) is 13.1 Å². The van der Waals surface area contributed by atoms with E-state index in [0.29, 0.717) is 5.41 Å². The lowest BCUT2D eigenvalue weighted by molar-refractivity contribution is 0.256. The van der Waals surface area contributed by atoms with Gasteiger partial charge in [0.2, 0.25) is 0 Å². The molecule has 0 atom stereocenters. The van der Waals surface area contributed by atoms with Gasteiger partial charge in [-0.1, -0.05) is 30.3 Å². The number of nitrogens with zero attached hydrogens (tertiary/aromatic N) is 2. The fraction of sp³-hybridized carbons (Fsp3) is 0.400. The maximum absolute atomic E-state index is 4.23. The number of benzene rings is 1. The van der Waals surface area contributed by atoms with Crippen LogP contribution in [-0.2, 0) is 18.9 Å². The van der Waals surface area contributed by atoms with E-state index in [4.69, 9.17) is 0 Å². The van der Waals surface area contributed by atoms with Crippen molar-refractivity contribution in [3.05, 3.63) is 53.9 Å². The molecule has 0 aliphatic carbocycles. The fourth-order valence-corrected chi connectivity index (χ4v) is 2.76. The first kappa shape index (κ1) is 11.5. The van der Waals surface area contributed by atoms with E-state index in [-0.39, 0.29) is 0 Å². The molecule has 94 valence electrons. The van der Waals surface area contributed by atoms with Gasteiger partial charge in [0.25, 0.3) is 0 Å². The third kappa shape index (κ3) is 1.95. The molecule has 0 saturated carbocycles. The largest absolute Gasteiger partial charge is 0.315 e.